The lowest BCUT2D eigenvalue weighted by Crippen LogP contribution is -2.31. The van der Waals surface area contributed by atoms with Gasteiger partial charge in [0.15, 0.2) is 23.2 Å². The third-order valence-corrected chi connectivity index (χ3v) is 4.71. The Morgan fingerprint density at radius 1 is 1.14 bits per heavy atom. The molecule has 1 aliphatic heterocycles. The zero-order valence-corrected chi connectivity index (χ0v) is 16.3. The van der Waals surface area contributed by atoms with Crippen LogP contribution in [0.5, 0.6) is 5.75 Å². The van der Waals surface area contributed by atoms with E-state index in [9.17, 15) is 23.5 Å². The van der Waals surface area contributed by atoms with Crippen LogP contribution in [0.25, 0.3) is 0 Å². The van der Waals surface area contributed by atoms with Gasteiger partial charge in [0, 0.05) is 12.1 Å². The minimum atomic E-state index is -1.10. The van der Waals surface area contributed by atoms with Crippen LogP contribution < -0.4 is 9.64 Å². The van der Waals surface area contributed by atoms with Gasteiger partial charge in [-0.25, -0.2) is 8.78 Å². The van der Waals surface area contributed by atoms with Crippen molar-refractivity contribution >= 4 is 17.4 Å². The molecular formula is C22H21F2NO4. The molecule has 0 aromatic heterocycles. The number of amides is 1. The number of halogens is 2. The maximum Gasteiger partial charge on any atom is 0.294 e. The van der Waals surface area contributed by atoms with E-state index in [2.05, 4.69) is 0 Å². The van der Waals surface area contributed by atoms with Crippen molar-refractivity contribution in [3.05, 3.63) is 71.0 Å². The molecule has 1 heterocycles. The summed E-state index contributed by atoms with van der Waals surface area (Å²) in [6, 6.07) is 8.52. The fraction of sp³-hybridized carbons (Fsp3) is 0.273. The topological polar surface area (TPSA) is 66.8 Å². The van der Waals surface area contributed by atoms with Crippen LogP contribution in [0, 0.1) is 17.6 Å². The number of anilines is 1. The quantitative estimate of drug-likeness (QED) is 0.775. The highest BCUT2D eigenvalue weighted by Crippen LogP contribution is 2.42. The molecule has 0 saturated heterocycles. The molecule has 1 atom stereocenters. The Hall–Kier alpha value is -3.22. The summed E-state index contributed by atoms with van der Waals surface area (Å²) in [6.45, 7) is 3.67. The van der Waals surface area contributed by atoms with Gasteiger partial charge in [-0.3, -0.25) is 14.5 Å². The highest BCUT2D eigenvalue weighted by Gasteiger charge is 2.44. The van der Waals surface area contributed by atoms with Gasteiger partial charge in [0.25, 0.3) is 5.91 Å². The molecule has 0 spiro atoms. The highest BCUT2D eigenvalue weighted by molar-refractivity contribution is 6.16. The number of ketones is 1. The summed E-state index contributed by atoms with van der Waals surface area (Å²) in [7, 11) is 1.50. The number of carbonyl (C=O) groups excluding carboxylic acids is 2. The molecule has 0 radical (unpaired) electrons. The first-order valence-corrected chi connectivity index (χ1v) is 9.13. The molecule has 3 rings (SSSR count). The zero-order valence-electron chi connectivity index (χ0n) is 16.3. The number of carbonyl (C=O) groups is 2. The standard InChI is InChI=1S/C22H21F2NO4/c1-12(2)10-18(26)19-20(13-4-9-16(23)17(24)11-13)25(22(28)21(19)27)14-5-7-15(29-3)8-6-14/h4-9,11-12,20,27H,10H2,1-3H3. The van der Waals surface area contributed by atoms with Crippen LogP contribution in [0.15, 0.2) is 53.8 Å². The zero-order chi connectivity index (χ0) is 21.3. The van der Waals surface area contributed by atoms with Crippen molar-refractivity contribution in [3.8, 4) is 5.75 Å². The number of aliphatic hydroxyl groups excluding tert-OH is 1. The molecular weight excluding hydrogens is 380 g/mol. The number of methoxy groups -OCH3 is 1. The Kier molecular flexibility index (Phi) is 5.68. The van der Waals surface area contributed by atoms with Crippen molar-refractivity contribution in [3.63, 3.8) is 0 Å². The van der Waals surface area contributed by atoms with Gasteiger partial charge in [-0.2, -0.15) is 0 Å². The van der Waals surface area contributed by atoms with Gasteiger partial charge in [0.05, 0.1) is 18.7 Å². The van der Waals surface area contributed by atoms with Crippen LogP contribution in [0.3, 0.4) is 0 Å². The van der Waals surface area contributed by atoms with Crippen LogP contribution in [0.2, 0.25) is 0 Å². The smallest absolute Gasteiger partial charge is 0.294 e. The van der Waals surface area contributed by atoms with Crippen molar-refractivity contribution in [2.24, 2.45) is 5.92 Å². The third kappa shape index (κ3) is 3.85. The summed E-state index contributed by atoms with van der Waals surface area (Å²) >= 11 is 0. The molecule has 1 aliphatic rings. The molecule has 0 aliphatic carbocycles. The second kappa shape index (κ2) is 8.03. The summed E-state index contributed by atoms with van der Waals surface area (Å²) in [6.07, 6.45) is 0.100. The Morgan fingerprint density at radius 3 is 2.34 bits per heavy atom. The number of benzene rings is 2. The monoisotopic (exact) mass is 401 g/mol. The fourth-order valence-corrected chi connectivity index (χ4v) is 3.38. The van der Waals surface area contributed by atoms with Gasteiger partial charge in [-0.05, 0) is 47.9 Å². The first-order valence-electron chi connectivity index (χ1n) is 9.13. The van der Waals surface area contributed by atoms with E-state index in [1.807, 2.05) is 13.8 Å². The second-order valence-corrected chi connectivity index (χ2v) is 7.23. The lowest BCUT2D eigenvalue weighted by molar-refractivity contribution is -0.118. The summed E-state index contributed by atoms with van der Waals surface area (Å²) in [5.74, 6) is -3.49. The molecule has 0 saturated carbocycles. The number of hydrogen-bond donors (Lipinski definition) is 1. The molecule has 29 heavy (non-hydrogen) atoms. The Bertz CT molecular complexity index is 983. The number of aliphatic hydroxyl groups is 1. The van der Waals surface area contributed by atoms with Crippen LogP contribution in [-0.4, -0.2) is 23.9 Å². The van der Waals surface area contributed by atoms with Crippen LogP contribution in [0.4, 0.5) is 14.5 Å². The first-order chi connectivity index (χ1) is 13.7. The van der Waals surface area contributed by atoms with Crippen LogP contribution >= 0.6 is 0 Å². The SMILES string of the molecule is COc1ccc(N2C(=O)C(O)=C(C(=O)CC(C)C)C2c2ccc(F)c(F)c2)cc1. The lowest BCUT2D eigenvalue weighted by Gasteiger charge is -2.27. The molecule has 0 bridgehead atoms. The average Bonchev–Trinajstić information content (AvgIpc) is 2.95. The van der Waals surface area contributed by atoms with Crippen molar-refractivity contribution in [2.45, 2.75) is 26.3 Å². The molecule has 2 aromatic carbocycles. The number of rotatable bonds is 6. The predicted molar refractivity (Wildman–Crippen MR) is 104 cm³/mol. The van der Waals surface area contributed by atoms with E-state index in [4.69, 9.17) is 4.74 Å². The molecule has 1 N–H and O–H groups in total. The normalized spacial score (nSPS) is 16.7. The number of hydrogen-bond acceptors (Lipinski definition) is 4. The highest BCUT2D eigenvalue weighted by atomic mass is 19.2. The third-order valence-electron chi connectivity index (χ3n) is 4.71. The van der Waals surface area contributed by atoms with Gasteiger partial charge in [0.2, 0.25) is 0 Å². The van der Waals surface area contributed by atoms with E-state index < -0.39 is 35.1 Å². The Balaban J connectivity index is 2.15. The molecule has 0 fully saturated rings. The van der Waals surface area contributed by atoms with E-state index >= 15 is 0 Å². The van der Waals surface area contributed by atoms with Gasteiger partial charge in [-0.1, -0.05) is 19.9 Å². The largest absolute Gasteiger partial charge is 0.503 e. The summed E-state index contributed by atoms with van der Waals surface area (Å²) < 4.78 is 32.5. The Morgan fingerprint density at radius 2 is 1.79 bits per heavy atom. The summed E-state index contributed by atoms with van der Waals surface area (Å²) in [5.41, 5.74) is 0.444. The van der Waals surface area contributed by atoms with E-state index in [1.54, 1.807) is 24.3 Å². The number of ether oxygens (including phenoxy) is 1. The van der Waals surface area contributed by atoms with E-state index in [1.165, 1.54) is 18.1 Å². The number of nitrogens with zero attached hydrogens (tertiary/aromatic N) is 1. The molecule has 7 heteroatoms. The predicted octanol–water partition coefficient (Wildman–Crippen LogP) is 4.49. The average molecular weight is 401 g/mol. The Labute approximate surface area is 167 Å². The van der Waals surface area contributed by atoms with E-state index in [0.29, 0.717) is 11.4 Å². The van der Waals surface area contributed by atoms with Gasteiger partial charge in [0.1, 0.15) is 5.75 Å². The maximum atomic E-state index is 13.9. The molecule has 1 amide bonds. The van der Waals surface area contributed by atoms with Crippen LogP contribution in [-0.2, 0) is 9.59 Å². The van der Waals surface area contributed by atoms with Gasteiger partial charge < -0.3 is 9.84 Å². The molecule has 2 aromatic rings. The van der Waals surface area contributed by atoms with Gasteiger partial charge in [-0.15, -0.1) is 0 Å². The summed E-state index contributed by atoms with van der Waals surface area (Å²) in [4.78, 5) is 26.9. The minimum absolute atomic E-state index is 0.0152. The first kappa shape index (κ1) is 20.5. The number of Topliss-reactive ketones (excluding diaryl/α,β-unsaturated/α-hetero) is 1. The van der Waals surface area contributed by atoms with Crippen LogP contribution in [0.1, 0.15) is 31.9 Å². The van der Waals surface area contributed by atoms with Crippen molar-refractivity contribution in [1.82, 2.24) is 0 Å². The van der Waals surface area contributed by atoms with Crippen molar-refractivity contribution in [1.29, 1.82) is 0 Å². The minimum Gasteiger partial charge on any atom is -0.503 e. The van der Waals surface area contributed by atoms with E-state index in [0.717, 1.165) is 12.1 Å². The van der Waals surface area contributed by atoms with E-state index in [-0.39, 0.29) is 23.5 Å². The summed E-state index contributed by atoms with van der Waals surface area (Å²) in [5, 5.41) is 10.5. The van der Waals surface area contributed by atoms with Crippen molar-refractivity contribution in [2.75, 3.05) is 12.0 Å². The fourth-order valence-electron chi connectivity index (χ4n) is 3.38. The van der Waals surface area contributed by atoms with Gasteiger partial charge >= 0.3 is 0 Å². The lowest BCUT2D eigenvalue weighted by atomic mass is 9.92. The molecule has 152 valence electrons. The second-order valence-electron chi connectivity index (χ2n) is 7.23. The maximum absolute atomic E-state index is 13.9. The molecule has 5 nitrogen and oxygen atoms in total. The van der Waals surface area contributed by atoms with Crippen molar-refractivity contribution < 1.29 is 28.2 Å². The molecule has 1 unspecified atom stereocenters.